The van der Waals surface area contributed by atoms with E-state index in [4.69, 9.17) is 19.6 Å². The summed E-state index contributed by atoms with van der Waals surface area (Å²) in [6.07, 6.45) is 0.909. The summed E-state index contributed by atoms with van der Waals surface area (Å²) in [6, 6.07) is 0. The van der Waals surface area contributed by atoms with Crippen molar-refractivity contribution in [1.29, 1.82) is 0 Å². The highest BCUT2D eigenvalue weighted by Gasteiger charge is 2.38. The highest BCUT2D eigenvalue weighted by Crippen LogP contribution is 2.57. The Morgan fingerprint density at radius 3 is 1.69 bits per heavy atom. The van der Waals surface area contributed by atoms with Crippen molar-refractivity contribution in [3.05, 3.63) is 0 Å². The second-order valence-electron chi connectivity index (χ2n) is 2.48. The smallest absolute Gasteiger partial charge is 0.312 e. The van der Waals surface area contributed by atoms with Gasteiger partial charge in [-0.25, -0.2) is 9.13 Å². The van der Waals surface area contributed by atoms with Crippen molar-refractivity contribution in [2.45, 2.75) is 19.8 Å². The third-order valence-corrected chi connectivity index (χ3v) is 4.31. The van der Waals surface area contributed by atoms with Crippen molar-refractivity contribution < 1.29 is 28.7 Å². The van der Waals surface area contributed by atoms with E-state index in [0.717, 1.165) is 0 Å². The van der Waals surface area contributed by atoms with Crippen molar-refractivity contribution >= 4 is 15.5 Å². The van der Waals surface area contributed by atoms with Gasteiger partial charge in [-0.2, -0.15) is 0 Å². The summed E-state index contributed by atoms with van der Waals surface area (Å²) in [7, 11) is -9.71. The molecule has 80 valence electrons. The van der Waals surface area contributed by atoms with Crippen molar-refractivity contribution in [3.8, 4) is 0 Å². The molecule has 13 heavy (non-hydrogen) atoms. The van der Waals surface area contributed by atoms with Crippen LogP contribution in [0.2, 0.25) is 0 Å². The first-order valence-corrected chi connectivity index (χ1v) is 6.72. The average molecular weight is 233 g/mol. The first-order chi connectivity index (χ1) is 5.69. The van der Waals surface area contributed by atoms with Gasteiger partial charge in [-0.1, -0.05) is 13.3 Å². The van der Waals surface area contributed by atoms with Crippen LogP contribution in [0.3, 0.4) is 0 Å². The first-order valence-electron chi connectivity index (χ1n) is 3.59. The van der Waals surface area contributed by atoms with E-state index in [-0.39, 0.29) is 11.0 Å². The number of hydrogen-bond acceptors (Lipinski definition) is 2. The van der Waals surface area contributed by atoms with Crippen LogP contribution in [0.15, 0.2) is 0 Å². The quantitative estimate of drug-likeness (QED) is 0.503. The minimum Gasteiger partial charge on any atom is -0.312 e. The molecule has 0 aliphatic rings. The van der Waals surface area contributed by atoms with Crippen LogP contribution >= 0.6 is 15.5 Å². The van der Waals surface area contributed by atoms with Gasteiger partial charge in [0.2, 0.25) is 0 Å². The van der Waals surface area contributed by atoms with E-state index in [1.807, 2.05) is 0 Å². The maximum atomic E-state index is 10.6. The molecule has 7 nitrogen and oxygen atoms in total. The van der Waals surface area contributed by atoms with Crippen LogP contribution < -0.4 is 0 Å². The fraction of sp³-hybridized carbons (Fsp3) is 1.00. The zero-order valence-corrected chi connectivity index (χ0v) is 8.86. The highest BCUT2D eigenvalue weighted by atomic mass is 31.3. The van der Waals surface area contributed by atoms with Gasteiger partial charge in [-0.3, -0.25) is 0 Å². The molecule has 0 aliphatic carbocycles. The Hall–Kier alpha value is 0.260. The second kappa shape index (κ2) is 4.66. The molecular formula is C4H13NO6P2. The van der Waals surface area contributed by atoms with Gasteiger partial charge in [0.15, 0.2) is 0 Å². The topological polar surface area (TPSA) is 118 Å². The maximum absolute atomic E-state index is 10.6. The normalized spacial score (nSPS) is 13.7. The van der Waals surface area contributed by atoms with E-state index < -0.39 is 15.5 Å². The molecule has 0 spiro atoms. The molecule has 0 atom stereocenters. The number of hydrogen-bond donors (Lipinski definition) is 4. The summed E-state index contributed by atoms with van der Waals surface area (Å²) in [6.45, 7) is 1.43. The largest absolute Gasteiger partial charge is 0.412 e. The molecule has 4 N–H and O–H groups in total. The Balaban J connectivity index is 4.59. The lowest BCUT2D eigenvalue weighted by atomic mass is 10.3. The van der Waals surface area contributed by atoms with Crippen LogP contribution in [0.1, 0.15) is 19.8 Å². The minimum absolute atomic E-state index is 0.0799. The van der Waals surface area contributed by atoms with Gasteiger partial charge in [0.1, 0.15) is 0 Å². The molecule has 0 aromatic carbocycles. The summed E-state index contributed by atoms with van der Waals surface area (Å²) in [5, 5.41) is 0. The van der Waals surface area contributed by atoms with E-state index >= 15 is 0 Å². The predicted molar refractivity (Wildman–Crippen MR) is 45.7 cm³/mol. The molecule has 0 saturated carbocycles. The predicted octanol–water partition coefficient (Wildman–Crippen LogP) is 0.274. The van der Waals surface area contributed by atoms with E-state index in [0.29, 0.717) is 12.8 Å². The molecule has 0 aromatic heterocycles. The van der Waals surface area contributed by atoms with Crippen molar-refractivity contribution in [3.63, 3.8) is 0 Å². The monoisotopic (exact) mass is 233 g/mol. The molecule has 0 amide bonds. The highest BCUT2D eigenvalue weighted by molar-refractivity contribution is 7.65. The van der Waals surface area contributed by atoms with Gasteiger partial charge in [0, 0.05) is 6.54 Å². The molecule has 0 bridgehead atoms. The van der Waals surface area contributed by atoms with Crippen LogP contribution in [-0.2, 0) is 9.13 Å². The molecule has 0 aromatic rings. The van der Waals surface area contributed by atoms with Crippen LogP contribution in [0.4, 0.5) is 0 Å². The van der Waals surface area contributed by atoms with Gasteiger partial charge >= 0.3 is 15.5 Å². The third-order valence-electron chi connectivity index (χ3n) is 1.31. The SMILES string of the molecule is CCCCN(P(=O)(O)O)P(=O)(O)O. The standard InChI is InChI=1S/C4H13NO6P2/c1-2-3-4-5(12(6,7)8)13(9,10)11/h2-4H2,1H3,(H2,6,7,8)(H2,9,10,11). The number of unbranched alkanes of at least 4 members (excludes halogenated alkanes) is 1. The van der Waals surface area contributed by atoms with Gasteiger partial charge in [0.25, 0.3) is 0 Å². The van der Waals surface area contributed by atoms with Crippen molar-refractivity contribution in [2.75, 3.05) is 6.54 Å². The lowest BCUT2D eigenvalue weighted by molar-refractivity contribution is 0.267. The molecule has 0 saturated heterocycles. The Morgan fingerprint density at radius 1 is 1.08 bits per heavy atom. The summed E-state index contributed by atoms with van der Waals surface area (Å²) in [5.74, 6) is 0. The lowest BCUT2D eigenvalue weighted by Gasteiger charge is -2.22. The fourth-order valence-electron chi connectivity index (χ4n) is 0.712. The first kappa shape index (κ1) is 13.3. The number of rotatable bonds is 5. The molecule has 9 heteroatoms. The Labute approximate surface area is 75.8 Å². The summed E-state index contributed by atoms with van der Waals surface area (Å²) in [4.78, 5) is 34.3. The van der Waals surface area contributed by atoms with Crippen molar-refractivity contribution in [2.24, 2.45) is 0 Å². The molecule has 0 radical (unpaired) electrons. The lowest BCUT2D eigenvalue weighted by Crippen LogP contribution is -2.18. The zero-order chi connectivity index (χ0) is 10.7. The Morgan fingerprint density at radius 2 is 1.46 bits per heavy atom. The summed E-state index contributed by atoms with van der Waals surface area (Å²) < 4.78 is 21.1. The molecular weight excluding hydrogens is 220 g/mol. The van der Waals surface area contributed by atoms with Crippen LogP contribution in [0.25, 0.3) is 0 Å². The van der Waals surface area contributed by atoms with E-state index in [1.54, 1.807) is 6.92 Å². The summed E-state index contributed by atoms with van der Waals surface area (Å²) in [5.41, 5.74) is 0. The Kier molecular flexibility index (Phi) is 4.76. The average Bonchev–Trinajstić information content (AvgIpc) is 1.81. The van der Waals surface area contributed by atoms with E-state index in [2.05, 4.69) is 0 Å². The number of nitrogens with zero attached hydrogens (tertiary/aromatic N) is 1. The molecule has 0 heterocycles. The third kappa shape index (κ3) is 4.88. The van der Waals surface area contributed by atoms with Crippen molar-refractivity contribution in [1.82, 2.24) is 4.44 Å². The van der Waals surface area contributed by atoms with Crippen LogP contribution in [0, 0.1) is 0 Å². The van der Waals surface area contributed by atoms with Gasteiger partial charge in [0.05, 0.1) is 0 Å². The van der Waals surface area contributed by atoms with E-state index in [9.17, 15) is 9.13 Å². The van der Waals surface area contributed by atoms with Gasteiger partial charge < -0.3 is 19.6 Å². The minimum atomic E-state index is -4.86. The zero-order valence-electron chi connectivity index (χ0n) is 7.07. The van der Waals surface area contributed by atoms with Gasteiger partial charge in [-0.15, -0.1) is 4.44 Å². The fourth-order valence-corrected chi connectivity index (χ4v) is 2.73. The molecule has 0 fully saturated rings. The Bertz CT molecular complexity index is 221. The maximum Gasteiger partial charge on any atom is 0.412 e. The molecule has 0 rings (SSSR count). The van der Waals surface area contributed by atoms with E-state index in [1.165, 1.54) is 0 Å². The summed E-state index contributed by atoms with van der Waals surface area (Å²) >= 11 is 0. The van der Waals surface area contributed by atoms with Crippen LogP contribution in [-0.4, -0.2) is 30.6 Å². The second-order valence-corrected chi connectivity index (χ2v) is 5.81. The van der Waals surface area contributed by atoms with Crippen LogP contribution in [0.5, 0.6) is 0 Å². The van der Waals surface area contributed by atoms with Gasteiger partial charge in [-0.05, 0) is 6.42 Å². The molecule has 0 unspecified atom stereocenters. The molecule has 0 aliphatic heterocycles.